The van der Waals surface area contributed by atoms with Crippen LogP contribution >= 0.6 is 24.8 Å². The summed E-state index contributed by atoms with van der Waals surface area (Å²) in [5, 5.41) is 7.17. The lowest BCUT2D eigenvalue weighted by atomic mass is 10.0. The van der Waals surface area contributed by atoms with Gasteiger partial charge in [0.25, 0.3) is 0 Å². The minimum absolute atomic E-state index is 0. The van der Waals surface area contributed by atoms with E-state index in [0.717, 1.165) is 17.2 Å². The van der Waals surface area contributed by atoms with Crippen LogP contribution in [-0.2, 0) is 4.79 Å². The van der Waals surface area contributed by atoms with Crippen molar-refractivity contribution in [2.45, 2.75) is 40.2 Å². The maximum absolute atomic E-state index is 12.0. The van der Waals surface area contributed by atoms with Gasteiger partial charge >= 0.3 is 0 Å². The average Bonchev–Trinajstić information content (AvgIpc) is 2.77. The summed E-state index contributed by atoms with van der Waals surface area (Å²) in [5.74, 6) is 0.914. The quantitative estimate of drug-likeness (QED) is 0.842. The van der Waals surface area contributed by atoms with Crippen LogP contribution in [0.15, 0.2) is 24.4 Å². The highest BCUT2D eigenvalue weighted by molar-refractivity contribution is 5.94. The Morgan fingerprint density at radius 1 is 1.29 bits per heavy atom. The van der Waals surface area contributed by atoms with Crippen molar-refractivity contribution in [3.8, 4) is 5.82 Å². The average molecular weight is 374 g/mol. The fourth-order valence-electron chi connectivity index (χ4n) is 2.30. The number of hydrogen-bond donors (Lipinski definition) is 2. The Morgan fingerprint density at radius 2 is 1.96 bits per heavy atom. The van der Waals surface area contributed by atoms with Crippen LogP contribution in [0, 0.1) is 19.8 Å². The van der Waals surface area contributed by atoms with Crippen LogP contribution in [0.3, 0.4) is 0 Å². The number of rotatable bonds is 5. The van der Waals surface area contributed by atoms with E-state index in [1.165, 1.54) is 0 Å². The number of anilines is 1. The zero-order valence-corrected chi connectivity index (χ0v) is 15.9. The molecule has 8 heteroatoms. The van der Waals surface area contributed by atoms with Crippen molar-refractivity contribution in [2.75, 3.05) is 5.32 Å². The molecule has 2 aromatic rings. The lowest BCUT2D eigenvalue weighted by molar-refractivity contribution is -0.117. The van der Waals surface area contributed by atoms with E-state index in [4.69, 9.17) is 5.73 Å². The van der Waals surface area contributed by atoms with Gasteiger partial charge in [-0.25, -0.2) is 9.67 Å². The van der Waals surface area contributed by atoms with Crippen LogP contribution < -0.4 is 11.1 Å². The third kappa shape index (κ3) is 5.78. The molecule has 2 heterocycles. The van der Waals surface area contributed by atoms with E-state index in [1.807, 2.05) is 39.8 Å². The summed E-state index contributed by atoms with van der Waals surface area (Å²) in [6.45, 7) is 7.99. The predicted molar refractivity (Wildman–Crippen MR) is 101 cm³/mol. The number of nitrogens with two attached hydrogens (primary N) is 1. The number of aromatic nitrogens is 3. The Kier molecular flexibility index (Phi) is 8.96. The fraction of sp³-hybridized carbons (Fsp3) is 0.438. The Hall–Kier alpha value is -1.63. The third-order valence-corrected chi connectivity index (χ3v) is 3.30. The number of hydrogen-bond acceptors (Lipinski definition) is 4. The molecule has 0 saturated heterocycles. The van der Waals surface area contributed by atoms with E-state index in [0.29, 0.717) is 18.0 Å². The second-order valence-corrected chi connectivity index (χ2v) is 5.97. The minimum Gasteiger partial charge on any atom is -0.323 e. The van der Waals surface area contributed by atoms with E-state index in [-0.39, 0.29) is 30.7 Å². The molecule has 24 heavy (non-hydrogen) atoms. The van der Waals surface area contributed by atoms with Crippen LogP contribution in [0.5, 0.6) is 0 Å². The number of pyridine rings is 1. The molecule has 0 aliphatic carbocycles. The zero-order valence-electron chi connectivity index (χ0n) is 14.3. The Labute approximate surface area is 155 Å². The van der Waals surface area contributed by atoms with Gasteiger partial charge in [0.05, 0.1) is 23.6 Å². The van der Waals surface area contributed by atoms with Gasteiger partial charge in [-0.2, -0.15) is 5.10 Å². The minimum atomic E-state index is -0.504. The van der Waals surface area contributed by atoms with Gasteiger partial charge in [0, 0.05) is 5.69 Å². The molecule has 0 aliphatic heterocycles. The van der Waals surface area contributed by atoms with Crippen LogP contribution in [0.2, 0.25) is 0 Å². The predicted octanol–water partition coefficient (Wildman–Crippen LogP) is 3.04. The van der Waals surface area contributed by atoms with Crippen LogP contribution in [-0.4, -0.2) is 26.7 Å². The Balaban J connectivity index is 0.00000264. The largest absolute Gasteiger partial charge is 0.323 e. The number of halogens is 2. The first-order chi connectivity index (χ1) is 10.4. The molecule has 2 aromatic heterocycles. The zero-order chi connectivity index (χ0) is 16.3. The molecular formula is C16H25Cl2N5O. The van der Waals surface area contributed by atoms with E-state index in [1.54, 1.807) is 16.9 Å². The summed E-state index contributed by atoms with van der Waals surface area (Å²) >= 11 is 0. The molecule has 2 rings (SSSR count). The first-order valence-electron chi connectivity index (χ1n) is 7.43. The smallest absolute Gasteiger partial charge is 0.241 e. The van der Waals surface area contributed by atoms with Crippen molar-refractivity contribution in [2.24, 2.45) is 11.7 Å². The van der Waals surface area contributed by atoms with Crippen LogP contribution in [0.25, 0.3) is 5.82 Å². The van der Waals surface area contributed by atoms with Crippen molar-refractivity contribution in [1.29, 1.82) is 0 Å². The first kappa shape index (κ1) is 22.4. The number of amides is 1. The lowest BCUT2D eigenvalue weighted by Crippen LogP contribution is -2.36. The second-order valence-electron chi connectivity index (χ2n) is 5.97. The van der Waals surface area contributed by atoms with E-state index >= 15 is 0 Å². The molecule has 0 spiro atoms. The summed E-state index contributed by atoms with van der Waals surface area (Å²) in [4.78, 5) is 16.3. The summed E-state index contributed by atoms with van der Waals surface area (Å²) in [6.07, 6.45) is 2.27. The molecule has 134 valence electrons. The SMILES string of the molecule is Cc1cc(C)n(-c2ccc(NC(=O)[C@@H](N)CC(C)C)cn2)n1.Cl.Cl. The molecule has 6 nitrogen and oxygen atoms in total. The highest BCUT2D eigenvalue weighted by Gasteiger charge is 2.15. The van der Waals surface area contributed by atoms with Crippen molar-refractivity contribution in [3.63, 3.8) is 0 Å². The van der Waals surface area contributed by atoms with E-state index in [9.17, 15) is 4.79 Å². The van der Waals surface area contributed by atoms with Gasteiger partial charge in [0.1, 0.15) is 0 Å². The molecule has 0 unspecified atom stereocenters. The molecular weight excluding hydrogens is 349 g/mol. The molecule has 3 N–H and O–H groups in total. The van der Waals surface area contributed by atoms with Gasteiger partial charge in [0.2, 0.25) is 5.91 Å². The monoisotopic (exact) mass is 373 g/mol. The molecule has 0 saturated carbocycles. The third-order valence-electron chi connectivity index (χ3n) is 3.30. The first-order valence-corrected chi connectivity index (χ1v) is 7.43. The summed E-state index contributed by atoms with van der Waals surface area (Å²) in [5.41, 5.74) is 8.45. The van der Waals surface area contributed by atoms with Crippen LogP contribution in [0.1, 0.15) is 31.7 Å². The Morgan fingerprint density at radius 3 is 2.42 bits per heavy atom. The highest BCUT2D eigenvalue weighted by Crippen LogP contribution is 2.13. The number of aryl methyl sites for hydroxylation is 2. The normalized spacial score (nSPS) is 11.4. The molecule has 0 aliphatic rings. The summed E-state index contributed by atoms with van der Waals surface area (Å²) in [7, 11) is 0. The van der Waals surface area contributed by atoms with Gasteiger partial charge in [-0.15, -0.1) is 24.8 Å². The standard InChI is InChI=1S/C16H23N5O.2ClH/c1-10(2)7-14(17)16(22)19-13-5-6-15(18-9-13)21-12(4)8-11(3)20-21;;/h5-6,8-10,14H,7,17H2,1-4H3,(H,19,22);2*1H/t14-;;/m0../s1. The van der Waals surface area contributed by atoms with Gasteiger partial charge in [-0.3, -0.25) is 4.79 Å². The fourth-order valence-corrected chi connectivity index (χ4v) is 2.30. The highest BCUT2D eigenvalue weighted by atomic mass is 35.5. The molecule has 0 fully saturated rings. The van der Waals surface area contributed by atoms with E-state index < -0.39 is 6.04 Å². The summed E-state index contributed by atoms with van der Waals surface area (Å²) < 4.78 is 1.77. The molecule has 1 atom stereocenters. The van der Waals surface area contributed by atoms with Gasteiger partial charge in [-0.05, 0) is 44.4 Å². The van der Waals surface area contributed by atoms with Crippen molar-refractivity contribution < 1.29 is 4.79 Å². The number of nitrogens with zero attached hydrogens (tertiary/aromatic N) is 3. The molecule has 0 radical (unpaired) electrons. The van der Waals surface area contributed by atoms with Gasteiger partial charge in [0.15, 0.2) is 5.82 Å². The maximum Gasteiger partial charge on any atom is 0.241 e. The molecule has 1 amide bonds. The van der Waals surface area contributed by atoms with E-state index in [2.05, 4.69) is 15.4 Å². The second kappa shape index (κ2) is 9.61. The summed E-state index contributed by atoms with van der Waals surface area (Å²) in [6, 6.07) is 5.11. The number of nitrogens with one attached hydrogen (secondary N) is 1. The van der Waals surface area contributed by atoms with Crippen molar-refractivity contribution in [1.82, 2.24) is 14.8 Å². The number of carbonyl (C=O) groups is 1. The van der Waals surface area contributed by atoms with Gasteiger partial charge in [-0.1, -0.05) is 13.8 Å². The van der Waals surface area contributed by atoms with Crippen molar-refractivity contribution in [3.05, 3.63) is 35.8 Å². The van der Waals surface area contributed by atoms with Crippen molar-refractivity contribution >= 4 is 36.4 Å². The Bertz CT molecular complexity index is 655. The molecule has 0 aromatic carbocycles. The molecule has 0 bridgehead atoms. The number of carbonyl (C=O) groups excluding carboxylic acids is 1. The lowest BCUT2D eigenvalue weighted by Gasteiger charge is -2.14. The van der Waals surface area contributed by atoms with Gasteiger partial charge < -0.3 is 11.1 Å². The topological polar surface area (TPSA) is 85.8 Å². The maximum atomic E-state index is 12.0. The van der Waals surface area contributed by atoms with Crippen LogP contribution in [0.4, 0.5) is 5.69 Å².